The van der Waals surface area contributed by atoms with E-state index in [9.17, 15) is 4.79 Å². The number of nitrogens with zero attached hydrogens (tertiary/aromatic N) is 4. The number of benzene rings is 1. The lowest BCUT2D eigenvalue weighted by molar-refractivity contribution is -0.122. The van der Waals surface area contributed by atoms with Crippen LogP contribution in [0.4, 0.5) is 5.69 Å². The van der Waals surface area contributed by atoms with Gasteiger partial charge in [0.05, 0.1) is 12.8 Å². The molecule has 1 fully saturated rings. The predicted octanol–water partition coefficient (Wildman–Crippen LogP) is 2.25. The molecule has 4 rings (SSSR count). The van der Waals surface area contributed by atoms with Crippen LogP contribution in [-0.4, -0.2) is 40.2 Å². The standard InChI is InChI=1S/C18H23N5O2/c1-17(2)11-18(17,15-19-21-22-20-15)16(24)23-9-5-4-6-12-7-8-13(25-3)10-14(12)23/h7-8,10H,4-6,9,11H2,1-3H3,(H,19,20,21,22). The number of anilines is 1. The number of amides is 1. The molecule has 2 aliphatic rings. The first-order chi connectivity index (χ1) is 12.0. The molecule has 1 N–H and O–H groups in total. The first kappa shape index (κ1) is 16.1. The van der Waals surface area contributed by atoms with E-state index in [4.69, 9.17) is 4.74 Å². The van der Waals surface area contributed by atoms with Gasteiger partial charge in [-0.2, -0.15) is 5.21 Å². The minimum absolute atomic E-state index is 0.0651. The highest BCUT2D eigenvalue weighted by molar-refractivity contribution is 6.04. The van der Waals surface area contributed by atoms with Crippen LogP contribution in [-0.2, 0) is 16.6 Å². The Morgan fingerprint density at radius 3 is 2.76 bits per heavy atom. The number of hydrogen-bond donors (Lipinski definition) is 1. The van der Waals surface area contributed by atoms with Crippen LogP contribution in [0.3, 0.4) is 0 Å². The molecule has 1 aliphatic carbocycles. The highest BCUT2D eigenvalue weighted by atomic mass is 16.5. The van der Waals surface area contributed by atoms with Gasteiger partial charge in [-0.05, 0) is 42.7 Å². The molecule has 0 radical (unpaired) electrons. The first-order valence-corrected chi connectivity index (χ1v) is 8.72. The number of aromatic amines is 1. The normalized spacial score (nSPS) is 24.4. The van der Waals surface area contributed by atoms with Crippen molar-refractivity contribution < 1.29 is 9.53 Å². The maximum absolute atomic E-state index is 13.7. The summed E-state index contributed by atoms with van der Waals surface area (Å²) in [7, 11) is 1.65. The van der Waals surface area contributed by atoms with Crippen LogP contribution in [0.2, 0.25) is 0 Å². The fourth-order valence-corrected chi connectivity index (χ4v) is 4.08. The van der Waals surface area contributed by atoms with E-state index in [-0.39, 0.29) is 11.3 Å². The number of carbonyl (C=O) groups excluding carboxylic acids is 1. The monoisotopic (exact) mass is 341 g/mol. The molecule has 1 aromatic carbocycles. The summed E-state index contributed by atoms with van der Waals surface area (Å²) in [6.45, 7) is 4.88. The lowest BCUT2D eigenvalue weighted by Crippen LogP contribution is -2.43. The third kappa shape index (κ3) is 2.33. The molecule has 2 heterocycles. The van der Waals surface area contributed by atoms with Gasteiger partial charge in [0.1, 0.15) is 11.2 Å². The molecule has 1 saturated carbocycles. The lowest BCUT2D eigenvalue weighted by Gasteiger charge is -2.28. The number of rotatable bonds is 3. The third-order valence-electron chi connectivity index (χ3n) is 5.74. The van der Waals surface area contributed by atoms with Crippen molar-refractivity contribution in [1.29, 1.82) is 0 Å². The summed E-state index contributed by atoms with van der Waals surface area (Å²) in [6.07, 6.45) is 3.75. The number of H-pyrrole nitrogens is 1. The molecule has 0 spiro atoms. The second-order valence-corrected chi connectivity index (χ2v) is 7.61. The highest BCUT2D eigenvalue weighted by Gasteiger charge is 2.71. The van der Waals surface area contributed by atoms with E-state index in [0.29, 0.717) is 12.4 Å². The Labute approximate surface area is 146 Å². The number of ether oxygens (including phenoxy) is 1. The molecule has 7 heteroatoms. The molecule has 1 aromatic heterocycles. The van der Waals surface area contributed by atoms with E-state index in [0.717, 1.165) is 37.1 Å². The molecule has 1 atom stereocenters. The first-order valence-electron chi connectivity index (χ1n) is 8.72. The van der Waals surface area contributed by atoms with Crippen LogP contribution >= 0.6 is 0 Å². The average molecular weight is 341 g/mol. The number of tetrazole rings is 1. The lowest BCUT2D eigenvalue weighted by atomic mass is 9.92. The molecule has 2 aromatic rings. The molecular formula is C18H23N5O2. The second kappa shape index (κ2) is 5.54. The molecule has 25 heavy (non-hydrogen) atoms. The number of aryl methyl sites for hydroxylation is 1. The van der Waals surface area contributed by atoms with E-state index in [2.05, 4.69) is 40.5 Å². The van der Waals surface area contributed by atoms with E-state index in [1.165, 1.54) is 5.56 Å². The Morgan fingerprint density at radius 2 is 2.12 bits per heavy atom. The zero-order valence-corrected chi connectivity index (χ0v) is 14.9. The van der Waals surface area contributed by atoms with Crippen molar-refractivity contribution in [2.75, 3.05) is 18.6 Å². The number of hydrogen-bond acceptors (Lipinski definition) is 5. The molecule has 1 aliphatic heterocycles. The minimum atomic E-state index is -0.704. The number of aromatic nitrogens is 4. The maximum Gasteiger partial charge on any atom is 0.241 e. The van der Waals surface area contributed by atoms with Gasteiger partial charge in [-0.3, -0.25) is 4.79 Å². The third-order valence-corrected chi connectivity index (χ3v) is 5.74. The second-order valence-electron chi connectivity index (χ2n) is 7.61. The van der Waals surface area contributed by atoms with Gasteiger partial charge < -0.3 is 9.64 Å². The summed E-state index contributed by atoms with van der Waals surface area (Å²) in [4.78, 5) is 15.6. The smallest absolute Gasteiger partial charge is 0.241 e. The minimum Gasteiger partial charge on any atom is -0.497 e. The van der Waals surface area contributed by atoms with Crippen LogP contribution in [0.15, 0.2) is 18.2 Å². The molecule has 0 saturated heterocycles. The van der Waals surface area contributed by atoms with Crippen molar-refractivity contribution in [3.05, 3.63) is 29.6 Å². The Bertz CT molecular complexity index is 802. The van der Waals surface area contributed by atoms with Gasteiger partial charge >= 0.3 is 0 Å². The fourth-order valence-electron chi connectivity index (χ4n) is 4.08. The number of nitrogens with one attached hydrogen (secondary N) is 1. The van der Waals surface area contributed by atoms with Gasteiger partial charge in [-0.15, -0.1) is 10.2 Å². The Kier molecular flexibility index (Phi) is 3.56. The summed E-state index contributed by atoms with van der Waals surface area (Å²) >= 11 is 0. The summed E-state index contributed by atoms with van der Waals surface area (Å²) in [5.41, 5.74) is 1.25. The SMILES string of the molecule is COc1ccc2c(c1)N(C(=O)C1(c3nn[nH]n3)CC1(C)C)CCCC2. The summed E-state index contributed by atoms with van der Waals surface area (Å²) in [6, 6.07) is 6.00. The van der Waals surface area contributed by atoms with E-state index in [1.807, 2.05) is 17.0 Å². The van der Waals surface area contributed by atoms with E-state index < -0.39 is 5.41 Å². The Morgan fingerprint density at radius 1 is 1.32 bits per heavy atom. The van der Waals surface area contributed by atoms with Crippen LogP contribution in [0.5, 0.6) is 5.75 Å². The largest absolute Gasteiger partial charge is 0.497 e. The molecule has 0 bridgehead atoms. The van der Waals surface area contributed by atoms with Crippen LogP contribution in [0.25, 0.3) is 0 Å². The zero-order valence-electron chi connectivity index (χ0n) is 14.9. The predicted molar refractivity (Wildman–Crippen MR) is 92.5 cm³/mol. The van der Waals surface area contributed by atoms with Crippen molar-refractivity contribution in [2.45, 2.75) is 44.9 Å². The Balaban J connectivity index is 1.78. The van der Waals surface area contributed by atoms with Crippen molar-refractivity contribution >= 4 is 11.6 Å². The van der Waals surface area contributed by atoms with Gasteiger partial charge in [0, 0.05) is 12.6 Å². The highest BCUT2D eigenvalue weighted by Crippen LogP contribution is 2.64. The van der Waals surface area contributed by atoms with Crippen LogP contribution in [0.1, 0.15) is 44.5 Å². The number of fused-ring (bicyclic) bond motifs is 1. The van der Waals surface area contributed by atoms with Crippen molar-refractivity contribution in [2.24, 2.45) is 5.41 Å². The Hall–Kier alpha value is -2.44. The molecule has 1 amide bonds. The van der Waals surface area contributed by atoms with E-state index >= 15 is 0 Å². The summed E-state index contributed by atoms with van der Waals surface area (Å²) in [5, 5.41) is 14.5. The number of methoxy groups -OCH3 is 1. The maximum atomic E-state index is 13.7. The van der Waals surface area contributed by atoms with Crippen LogP contribution < -0.4 is 9.64 Å². The van der Waals surface area contributed by atoms with Gasteiger partial charge in [-0.1, -0.05) is 25.1 Å². The van der Waals surface area contributed by atoms with Gasteiger partial charge in [-0.25, -0.2) is 0 Å². The average Bonchev–Trinajstić information content (AvgIpc) is 2.94. The zero-order chi connectivity index (χ0) is 17.7. The van der Waals surface area contributed by atoms with E-state index in [1.54, 1.807) is 7.11 Å². The number of carbonyl (C=O) groups is 1. The van der Waals surface area contributed by atoms with Crippen LogP contribution in [0, 0.1) is 5.41 Å². The van der Waals surface area contributed by atoms with Gasteiger partial charge in [0.15, 0.2) is 5.82 Å². The quantitative estimate of drug-likeness (QED) is 0.925. The van der Waals surface area contributed by atoms with Crippen molar-refractivity contribution in [3.8, 4) is 5.75 Å². The van der Waals surface area contributed by atoms with Crippen molar-refractivity contribution in [1.82, 2.24) is 20.6 Å². The van der Waals surface area contributed by atoms with Gasteiger partial charge in [0.2, 0.25) is 5.91 Å². The molecule has 7 nitrogen and oxygen atoms in total. The van der Waals surface area contributed by atoms with Crippen molar-refractivity contribution in [3.63, 3.8) is 0 Å². The topological polar surface area (TPSA) is 84.0 Å². The molecule has 1 unspecified atom stereocenters. The summed E-state index contributed by atoms with van der Waals surface area (Å²) in [5.74, 6) is 1.33. The van der Waals surface area contributed by atoms with Gasteiger partial charge in [0.25, 0.3) is 0 Å². The molecular weight excluding hydrogens is 318 g/mol. The fraction of sp³-hybridized carbons (Fsp3) is 0.556. The molecule has 132 valence electrons. The summed E-state index contributed by atoms with van der Waals surface area (Å²) < 4.78 is 5.39.